The van der Waals surface area contributed by atoms with Crippen molar-refractivity contribution in [1.82, 2.24) is 0 Å². The Bertz CT molecular complexity index is 281. The molecule has 2 N–H and O–H groups in total. The molecule has 0 amide bonds. The lowest BCUT2D eigenvalue weighted by molar-refractivity contribution is -0.177. The second kappa shape index (κ2) is 5.57. The van der Waals surface area contributed by atoms with Gasteiger partial charge < -0.3 is 14.9 Å². The molecule has 1 atom stereocenters. The Labute approximate surface area is 110 Å². The van der Waals surface area contributed by atoms with Crippen molar-refractivity contribution in [3.8, 4) is 0 Å². The van der Waals surface area contributed by atoms with E-state index in [9.17, 15) is 15.0 Å². The fraction of sp³-hybridized carbons (Fsp3) is 0.929. The minimum absolute atomic E-state index is 0.196. The maximum atomic E-state index is 12.0. The molecule has 0 aliphatic carbocycles. The Morgan fingerprint density at radius 3 is 1.83 bits per heavy atom. The van der Waals surface area contributed by atoms with E-state index in [1.807, 2.05) is 6.92 Å². The quantitative estimate of drug-likeness (QED) is 0.719. The smallest absolute Gasteiger partial charge is 0.311 e. The lowest BCUT2D eigenvalue weighted by Gasteiger charge is -2.35. The van der Waals surface area contributed by atoms with Crippen LogP contribution in [-0.2, 0) is 9.53 Å². The normalized spacial score (nSPS) is 15.4. The first-order chi connectivity index (χ1) is 7.79. The van der Waals surface area contributed by atoms with Crippen molar-refractivity contribution in [2.75, 3.05) is 0 Å². The van der Waals surface area contributed by atoms with Crippen LogP contribution in [0.3, 0.4) is 0 Å². The van der Waals surface area contributed by atoms with Gasteiger partial charge in [-0.05, 0) is 48.0 Å². The Balaban J connectivity index is 4.88. The summed E-state index contributed by atoms with van der Waals surface area (Å²) < 4.78 is 5.40. The number of hydrogen-bond acceptors (Lipinski definition) is 4. The fourth-order valence-electron chi connectivity index (χ4n) is 1.32. The first kappa shape index (κ1) is 17.4. The fourth-order valence-corrected chi connectivity index (χ4v) is 1.32. The van der Waals surface area contributed by atoms with Crippen molar-refractivity contribution in [2.45, 2.75) is 78.6 Å². The Morgan fingerprint density at radius 2 is 1.56 bits per heavy atom. The van der Waals surface area contributed by atoms with Gasteiger partial charge in [0.25, 0.3) is 0 Å². The van der Waals surface area contributed by atoms with Gasteiger partial charge in [0.15, 0.2) is 0 Å². The Morgan fingerprint density at radius 1 is 1.11 bits per heavy atom. The molecule has 108 valence electrons. The third-order valence-corrected chi connectivity index (χ3v) is 3.16. The summed E-state index contributed by atoms with van der Waals surface area (Å²) in [4.78, 5) is 12.0. The summed E-state index contributed by atoms with van der Waals surface area (Å²) in [6.07, 6.45) is 0.130. The predicted octanol–water partition coefficient (Wildman–Crippen LogP) is 2.27. The highest BCUT2D eigenvalue weighted by atomic mass is 16.6. The molecule has 1 unspecified atom stereocenters. The third-order valence-electron chi connectivity index (χ3n) is 3.16. The van der Waals surface area contributed by atoms with E-state index in [-0.39, 0.29) is 12.4 Å². The maximum absolute atomic E-state index is 12.0. The lowest BCUT2D eigenvalue weighted by atomic mass is 9.88. The largest absolute Gasteiger partial charge is 0.459 e. The van der Waals surface area contributed by atoms with Crippen molar-refractivity contribution < 1.29 is 19.7 Å². The minimum Gasteiger partial charge on any atom is -0.459 e. The Hall–Kier alpha value is -0.610. The molecule has 0 heterocycles. The summed E-state index contributed by atoms with van der Waals surface area (Å²) in [7, 11) is 0. The number of carbonyl (C=O) groups is 1. The van der Waals surface area contributed by atoms with Crippen LogP contribution in [0.15, 0.2) is 0 Å². The highest BCUT2D eigenvalue weighted by Gasteiger charge is 2.38. The molecule has 0 rings (SSSR count). The van der Waals surface area contributed by atoms with Crippen molar-refractivity contribution in [3.05, 3.63) is 0 Å². The van der Waals surface area contributed by atoms with E-state index in [2.05, 4.69) is 0 Å². The highest BCUT2D eigenvalue weighted by molar-refractivity contribution is 5.76. The monoisotopic (exact) mass is 260 g/mol. The number of ether oxygens (including phenoxy) is 1. The van der Waals surface area contributed by atoms with Crippen molar-refractivity contribution in [3.63, 3.8) is 0 Å². The molecule has 0 aliphatic heterocycles. The van der Waals surface area contributed by atoms with Crippen molar-refractivity contribution in [2.24, 2.45) is 5.41 Å². The SMILES string of the molecule is CCC(C)(C)C(=O)OC(CC(C)(C)O)C(C)(C)O. The molecule has 0 bridgehead atoms. The molecule has 0 aliphatic rings. The summed E-state index contributed by atoms with van der Waals surface area (Å²) in [6, 6.07) is 0. The van der Waals surface area contributed by atoms with Gasteiger partial charge in [-0.1, -0.05) is 6.92 Å². The average Bonchev–Trinajstić information content (AvgIpc) is 2.13. The molecule has 4 heteroatoms. The molecule has 0 aromatic rings. The molecule has 0 fully saturated rings. The predicted molar refractivity (Wildman–Crippen MR) is 71.2 cm³/mol. The molecule has 4 nitrogen and oxygen atoms in total. The van der Waals surface area contributed by atoms with Crippen LogP contribution >= 0.6 is 0 Å². The van der Waals surface area contributed by atoms with Gasteiger partial charge in [0.2, 0.25) is 0 Å². The molecule has 0 aromatic heterocycles. The number of esters is 1. The summed E-state index contributed by atoms with van der Waals surface area (Å²) in [5, 5.41) is 19.9. The van der Waals surface area contributed by atoms with Crippen LogP contribution in [0.4, 0.5) is 0 Å². The first-order valence-electron chi connectivity index (χ1n) is 6.45. The molecule has 0 saturated heterocycles. The van der Waals surface area contributed by atoms with Crippen LogP contribution in [-0.4, -0.2) is 33.5 Å². The average molecular weight is 260 g/mol. The number of aliphatic hydroxyl groups is 2. The molecule has 0 radical (unpaired) electrons. The molecule has 0 saturated carbocycles. The number of hydrogen-bond donors (Lipinski definition) is 2. The van der Waals surface area contributed by atoms with E-state index < -0.39 is 22.7 Å². The summed E-state index contributed by atoms with van der Waals surface area (Å²) >= 11 is 0. The van der Waals surface area contributed by atoms with Crippen molar-refractivity contribution >= 4 is 5.97 Å². The van der Waals surface area contributed by atoms with Gasteiger partial charge in [0.05, 0.1) is 16.6 Å². The molecule has 0 aromatic carbocycles. The lowest BCUT2D eigenvalue weighted by Crippen LogP contribution is -2.46. The first-order valence-corrected chi connectivity index (χ1v) is 6.45. The highest BCUT2D eigenvalue weighted by Crippen LogP contribution is 2.28. The van der Waals surface area contributed by atoms with Crippen LogP contribution in [0.1, 0.15) is 61.3 Å². The van der Waals surface area contributed by atoms with Crippen molar-refractivity contribution in [1.29, 1.82) is 0 Å². The zero-order chi connectivity index (χ0) is 14.8. The Kier molecular flexibility index (Phi) is 5.39. The topological polar surface area (TPSA) is 66.8 Å². The van der Waals surface area contributed by atoms with Crippen LogP contribution < -0.4 is 0 Å². The van der Waals surface area contributed by atoms with E-state index >= 15 is 0 Å². The van der Waals surface area contributed by atoms with Gasteiger partial charge in [0.1, 0.15) is 6.10 Å². The van der Waals surface area contributed by atoms with Crippen LogP contribution in [0.2, 0.25) is 0 Å². The van der Waals surface area contributed by atoms with Crippen LogP contribution in [0.25, 0.3) is 0 Å². The van der Waals surface area contributed by atoms with Gasteiger partial charge >= 0.3 is 5.97 Å². The molecule has 0 spiro atoms. The van der Waals surface area contributed by atoms with Crippen LogP contribution in [0.5, 0.6) is 0 Å². The van der Waals surface area contributed by atoms with Crippen LogP contribution in [0, 0.1) is 5.41 Å². The summed E-state index contributed by atoms with van der Waals surface area (Å²) in [5.74, 6) is -0.346. The number of rotatable bonds is 6. The standard InChI is InChI=1S/C14H28O4/c1-8-12(2,3)11(15)18-10(14(6,7)17)9-13(4,5)16/h10,16-17H,8-9H2,1-7H3. The van der Waals surface area contributed by atoms with Gasteiger partial charge in [-0.2, -0.15) is 0 Å². The number of carbonyl (C=O) groups excluding carboxylic acids is 1. The van der Waals surface area contributed by atoms with E-state index in [1.165, 1.54) is 0 Å². The zero-order valence-electron chi connectivity index (χ0n) is 12.7. The summed E-state index contributed by atoms with van der Waals surface area (Å²) in [6.45, 7) is 11.9. The van der Waals surface area contributed by atoms with Gasteiger partial charge in [0, 0.05) is 6.42 Å². The third kappa shape index (κ3) is 5.83. The molecular weight excluding hydrogens is 232 g/mol. The molecular formula is C14H28O4. The van der Waals surface area contributed by atoms with E-state index in [1.54, 1.807) is 41.5 Å². The maximum Gasteiger partial charge on any atom is 0.311 e. The second-order valence-electron chi connectivity index (χ2n) is 6.80. The van der Waals surface area contributed by atoms with Gasteiger partial charge in [-0.15, -0.1) is 0 Å². The van der Waals surface area contributed by atoms with E-state index in [0.29, 0.717) is 6.42 Å². The minimum atomic E-state index is -1.18. The zero-order valence-corrected chi connectivity index (χ0v) is 12.7. The van der Waals surface area contributed by atoms with E-state index in [4.69, 9.17) is 4.74 Å². The van der Waals surface area contributed by atoms with Gasteiger partial charge in [-0.3, -0.25) is 4.79 Å². The second-order valence-corrected chi connectivity index (χ2v) is 6.80. The van der Waals surface area contributed by atoms with E-state index in [0.717, 1.165) is 0 Å². The molecule has 18 heavy (non-hydrogen) atoms. The summed E-state index contributed by atoms with van der Waals surface area (Å²) in [5.41, 5.74) is -2.76. The van der Waals surface area contributed by atoms with Gasteiger partial charge in [-0.25, -0.2) is 0 Å².